The molecule has 86 valence electrons. The summed E-state index contributed by atoms with van der Waals surface area (Å²) in [6, 6.07) is 7.28. The van der Waals surface area contributed by atoms with E-state index >= 15 is 0 Å². The van der Waals surface area contributed by atoms with Crippen LogP contribution in [0.5, 0.6) is 11.5 Å². The maximum atomic E-state index is 8.79. The molecule has 0 amide bonds. The van der Waals surface area contributed by atoms with Crippen molar-refractivity contribution in [3.05, 3.63) is 23.8 Å². The summed E-state index contributed by atoms with van der Waals surface area (Å²) in [5.74, 6) is 1.33. The zero-order valence-electron chi connectivity index (χ0n) is 9.82. The topological polar surface area (TPSA) is 42.2 Å². The Labute approximate surface area is 96.6 Å². The monoisotopic (exact) mass is 219 g/mol. The smallest absolute Gasteiger partial charge is 0.162 e. The van der Waals surface area contributed by atoms with Crippen molar-refractivity contribution in [3.8, 4) is 17.6 Å². The normalized spacial score (nSPS) is 9.56. The Morgan fingerprint density at radius 2 is 2.06 bits per heavy atom. The van der Waals surface area contributed by atoms with Crippen molar-refractivity contribution in [1.82, 2.24) is 0 Å². The lowest BCUT2D eigenvalue weighted by atomic mass is 10.2. The fourth-order valence-corrected chi connectivity index (χ4v) is 1.39. The van der Waals surface area contributed by atoms with Gasteiger partial charge in [-0.15, -0.1) is 0 Å². The second-order valence-electron chi connectivity index (χ2n) is 3.53. The third-order valence-corrected chi connectivity index (χ3v) is 2.30. The zero-order valence-corrected chi connectivity index (χ0v) is 9.82. The standard InChI is InChI=1S/C13H17NO2/c1-3-4-5-8-16-13-9-11(10-14)6-7-12(13)15-2/h6-7,9H,3-5,8H2,1-2H3. The number of nitrogens with zero attached hydrogens (tertiary/aromatic N) is 1. The number of nitriles is 1. The van der Waals surface area contributed by atoms with Crippen LogP contribution in [0.15, 0.2) is 18.2 Å². The minimum absolute atomic E-state index is 0.589. The van der Waals surface area contributed by atoms with Crippen LogP contribution >= 0.6 is 0 Å². The van der Waals surface area contributed by atoms with Gasteiger partial charge in [-0.05, 0) is 18.6 Å². The number of hydrogen-bond donors (Lipinski definition) is 0. The lowest BCUT2D eigenvalue weighted by Gasteiger charge is -2.10. The van der Waals surface area contributed by atoms with Crippen LogP contribution in [0.4, 0.5) is 0 Å². The van der Waals surface area contributed by atoms with Crippen LogP contribution in [-0.4, -0.2) is 13.7 Å². The second-order valence-corrected chi connectivity index (χ2v) is 3.53. The summed E-state index contributed by atoms with van der Waals surface area (Å²) < 4.78 is 10.8. The van der Waals surface area contributed by atoms with E-state index in [2.05, 4.69) is 13.0 Å². The summed E-state index contributed by atoms with van der Waals surface area (Å²) in [6.07, 6.45) is 3.34. The number of ether oxygens (including phenoxy) is 2. The molecule has 0 fully saturated rings. The predicted octanol–water partition coefficient (Wildman–Crippen LogP) is 3.14. The summed E-state index contributed by atoms with van der Waals surface area (Å²) in [6.45, 7) is 2.82. The molecule has 0 saturated heterocycles. The van der Waals surface area contributed by atoms with E-state index in [1.807, 2.05) is 0 Å². The van der Waals surface area contributed by atoms with E-state index in [9.17, 15) is 0 Å². The van der Waals surface area contributed by atoms with Crippen molar-refractivity contribution in [2.45, 2.75) is 26.2 Å². The Morgan fingerprint density at radius 3 is 2.69 bits per heavy atom. The molecule has 0 aromatic heterocycles. The Hall–Kier alpha value is -1.69. The molecule has 0 spiro atoms. The molecule has 0 radical (unpaired) electrons. The molecule has 1 aromatic carbocycles. The average Bonchev–Trinajstić information content (AvgIpc) is 2.34. The molecule has 0 N–H and O–H groups in total. The van der Waals surface area contributed by atoms with Gasteiger partial charge in [-0.25, -0.2) is 0 Å². The van der Waals surface area contributed by atoms with Crippen molar-refractivity contribution in [3.63, 3.8) is 0 Å². The summed E-state index contributed by atoms with van der Waals surface area (Å²) in [5, 5.41) is 8.79. The zero-order chi connectivity index (χ0) is 11.8. The molecule has 0 aliphatic rings. The van der Waals surface area contributed by atoms with Gasteiger partial charge in [0.25, 0.3) is 0 Å². The molecule has 1 aromatic rings. The lowest BCUT2D eigenvalue weighted by molar-refractivity contribution is 0.286. The molecular formula is C13H17NO2. The van der Waals surface area contributed by atoms with E-state index in [1.54, 1.807) is 25.3 Å². The van der Waals surface area contributed by atoms with Gasteiger partial charge in [0, 0.05) is 6.07 Å². The number of unbranched alkanes of at least 4 members (excludes halogenated alkanes) is 2. The highest BCUT2D eigenvalue weighted by Gasteiger charge is 2.05. The summed E-state index contributed by atoms with van der Waals surface area (Å²) in [7, 11) is 1.60. The van der Waals surface area contributed by atoms with Gasteiger partial charge in [0.15, 0.2) is 11.5 Å². The number of methoxy groups -OCH3 is 1. The van der Waals surface area contributed by atoms with Gasteiger partial charge in [0.2, 0.25) is 0 Å². The van der Waals surface area contributed by atoms with Crippen molar-refractivity contribution in [2.24, 2.45) is 0 Å². The van der Waals surface area contributed by atoms with Crippen molar-refractivity contribution < 1.29 is 9.47 Å². The van der Waals surface area contributed by atoms with Crippen LogP contribution in [0.1, 0.15) is 31.7 Å². The van der Waals surface area contributed by atoms with Crippen molar-refractivity contribution in [1.29, 1.82) is 5.26 Å². The Kier molecular flexibility index (Phi) is 5.21. The van der Waals surface area contributed by atoms with Crippen LogP contribution in [0.3, 0.4) is 0 Å². The van der Waals surface area contributed by atoms with Gasteiger partial charge < -0.3 is 9.47 Å². The molecular weight excluding hydrogens is 202 g/mol. The van der Waals surface area contributed by atoms with Crippen molar-refractivity contribution >= 4 is 0 Å². The fourth-order valence-electron chi connectivity index (χ4n) is 1.39. The molecule has 1 rings (SSSR count). The SMILES string of the molecule is CCCCCOc1cc(C#N)ccc1OC. The molecule has 3 heteroatoms. The summed E-state index contributed by atoms with van der Waals surface area (Å²) in [4.78, 5) is 0. The lowest BCUT2D eigenvalue weighted by Crippen LogP contribution is -1.99. The Bertz CT molecular complexity index is 369. The molecule has 3 nitrogen and oxygen atoms in total. The molecule has 0 bridgehead atoms. The van der Waals surface area contributed by atoms with E-state index in [-0.39, 0.29) is 0 Å². The van der Waals surface area contributed by atoms with Crippen LogP contribution in [0.2, 0.25) is 0 Å². The molecule has 0 atom stereocenters. The predicted molar refractivity (Wildman–Crippen MR) is 62.7 cm³/mol. The molecule has 0 heterocycles. The van der Waals surface area contributed by atoms with Crippen LogP contribution in [0.25, 0.3) is 0 Å². The first-order chi connectivity index (χ1) is 7.81. The highest BCUT2D eigenvalue weighted by atomic mass is 16.5. The summed E-state index contributed by atoms with van der Waals surface area (Å²) >= 11 is 0. The summed E-state index contributed by atoms with van der Waals surface area (Å²) in [5.41, 5.74) is 0.589. The Balaban J connectivity index is 2.65. The average molecular weight is 219 g/mol. The van der Waals surface area contributed by atoms with E-state index in [0.717, 1.165) is 12.8 Å². The first kappa shape index (κ1) is 12.4. The van der Waals surface area contributed by atoms with Gasteiger partial charge in [0.05, 0.1) is 25.3 Å². The van der Waals surface area contributed by atoms with Gasteiger partial charge >= 0.3 is 0 Å². The van der Waals surface area contributed by atoms with E-state index in [4.69, 9.17) is 14.7 Å². The third-order valence-electron chi connectivity index (χ3n) is 2.30. The minimum Gasteiger partial charge on any atom is -0.493 e. The number of benzene rings is 1. The second kappa shape index (κ2) is 6.73. The minimum atomic E-state index is 0.589. The maximum Gasteiger partial charge on any atom is 0.162 e. The van der Waals surface area contributed by atoms with Crippen LogP contribution in [-0.2, 0) is 0 Å². The van der Waals surface area contributed by atoms with Crippen LogP contribution in [0, 0.1) is 11.3 Å². The third kappa shape index (κ3) is 3.47. The largest absolute Gasteiger partial charge is 0.493 e. The molecule has 16 heavy (non-hydrogen) atoms. The first-order valence-electron chi connectivity index (χ1n) is 5.52. The number of hydrogen-bond acceptors (Lipinski definition) is 3. The van der Waals surface area contributed by atoms with Gasteiger partial charge in [0.1, 0.15) is 0 Å². The quantitative estimate of drug-likeness (QED) is 0.690. The number of rotatable bonds is 6. The van der Waals surface area contributed by atoms with Crippen LogP contribution < -0.4 is 9.47 Å². The van der Waals surface area contributed by atoms with E-state index in [0.29, 0.717) is 23.7 Å². The Morgan fingerprint density at radius 1 is 1.25 bits per heavy atom. The van der Waals surface area contributed by atoms with Gasteiger partial charge in [-0.3, -0.25) is 0 Å². The van der Waals surface area contributed by atoms with E-state index < -0.39 is 0 Å². The fraction of sp³-hybridized carbons (Fsp3) is 0.462. The maximum absolute atomic E-state index is 8.79. The molecule has 0 aliphatic heterocycles. The highest BCUT2D eigenvalue weighted by Crippen LogP contribution is 2.27. The van der Waals surface area contributed by atoms with Gasteiger partial charge in [-0.1, -0.05) is 19.8 Å². The first-order valence-corrected chi connectivity index (χ1v) is 5.52. The highest BCUT2D eigenvalue weighted by molar-refractivity contribution is 5.46. The van der Waals surface area contributed by atoms with E-state index in [1.165, 1.54) is 6.42 Å². The van der Waals surface area contributed by atoms with Gasteiger partial charge in [-0.2, -0.15) is 5.26 Å². The van der Waals surface area contributed by atoms with Crippen molar-refractivity contribution in [2.75, 3.05) is 13.7 Å². The molecule has 0 aliphatic carbocycles. The molecule has 0 saturated carbocycles. The molecule has 0 unspecified atom stereocenters.